The molecule has 3 rings (SSSR count). The lowest BCUT2D eigenvalue weighted by Gasteiger charge is -2.33. The number of benzene rings is 2. The number of sulfonamides is 1. The number of carbonyl (C=O) groups excluding carboxylic acids is 2. The Labute approximate surface area is 230 Å². The Kier molecular flexibility index (Phi) is 10.3. The highest BCUT2D eigenvalue weighted by Gasteiger charge is 2.33. The molecule has 0 aliphatic heterocycles. The Bertz CT molecular complexity index is 1200. The smallest absolute Gasteiger partial charge is 0.244 e. The maximum atomic E-state index is 13.8. The lowest BCUT2D eigenvalue weighted by atomic mass is 10.1. The number of rotatable bonds is 11. The monoisotopic (exact) mass is 567 g/mol. The van der Waals surface area contributed by atoms with E-state index in [1.807, 2.05) is 26.0 Å². The highest BCUT2D eigenvalue weighted by atomic mass is 35.5. The van der Waals surface area contributed by atoms with E-state index in [9.17, 15) is 18.0 Å². The standard InChI is InChI=1S/C27H35Cl2N3O4S/c1-4-19-10-14-23(15-11-19)32(37(3,35)36)18-26(33)31(17-20-12-13-21(28)16-24(20)29)25(5-2)27(34)30-22-8-6-7-9-22/h10-16,22,25H,4-9,17-18H2,1-3H3,(H,30,34)/t25-/m0/s1. The summed E-state index contributed by atoms with van der Waals surface area (Å²) >= 11 is 12.5. The van der Waals surface area contributed by atoms with Gasteiger partial charge in [0.1, 0.15) is 12.6 Å². The van der Waals surface area contributed by atoms with Crippen molar-refractivity contribution in [2.75, 3.05) is 17.1 Å². The maximum absolute atomic E-state index is 13.8. The van der Waals surface area contributed by atoms with Gasteiger partial charge in [-0.2, -0.15) is 0 Å². The molecule has 0 radical (unpaired) electrons. The molecule has 2 aromatic rings. The third-order valence-corrected chi connectivity index (χ3v) is 8.48. The van der Waals surface area contributed by atoms with Crippen LogP contribution in [0.2, 0.25) is 10.0 Å². The summed E-state index contributed by atoms with van der Waals surface area (Å²) in [6, 6.07) is 11.3. The molecule has 0 heterocycles. The van der Waals surface area contributed by atoms with Crippen molar-refractivity contribution < 1.29 is 18.0 Å². The molecule has 1 aliphatic carbocycles. The summed E-state index contributed by atoms with van der Waals surface area (Å²) in [5, 5.41) is 3.91. The topological polar surface area (TPSA) is 86.8 Å². The molecule has 2 amide bonds. The van der Waals surface area contributed by atoms with Gasteiger partial charge < -0.3 is 10.2 Å². The van der Waals surface area contributed by atoms with Gasteiger partial charge in [-0.25, -0.2) is 8.42 Å². The summed E-state index contributed by atoms with van der Waals surface area (Å²) in [6.07, 6.45) is 6.18. The van der Waals surface area contributed by atoms with Crippen molar-refractivity contribution in [3.05, 3.63) is 63.6 Å². The fraction of sp³-hybridized carbons (Fsp3) is 0.481. The van der Waals surface area contributed by atoms with Crippen molar-refractivity contribution in [2.24, 2.45) is 0 Å². The number of anilines is 1. The molecule has 7 nitrogen and oxygen atoms in total. The van der Waals surface area contributed by atoms with Crippen LogP contribution in [0.5, 0.6) is 0 Å². The van der Waals surface area contributed by atoms with E-state index in [2.05, 4.69) is 5.32 Å². The van der Waals surface area contributed by atoms with Gasteiger partial charge in [0.2, 0.25) is 21.8 Å². The van der Waals surface area contributed by atoms with Crippen molar-refractivity contribution >= 4 is 50.7 Å². The van der Waals surface area contributed by atoms with E-state index in [1.165, 1.54) is 4.90 Å². The van der Waals surface area contributed by atoms with Crippen molar-refractivity contribution in [1.82, 2.24) is 10.2 Å². The molecular weight excluding hydrogens is 533 g/mol. The quantitative estimate of drug-likeness (QED) is 0.405. The number of aryl methyl sites for hydroxylation is 1. The minimum absolute atomic E-state index is 0.0395. The second-order valence-electron chi connectivity index (χ2n) is 9.46. The van der Waals surface area contributed by atoms with Gasteiger partial charge in [0.05, 0.1) is 11.9 Å². The number of amides is 2. The zero-order chi connectivity index (χ0) is 27.2. The van der Waals surface area contributed by atoms with E-state index in [4.69, 9.17) is 23.2 Å². The van der Waals surface area contributed by atoms with Gasteiger partial charge in [-0.15, -0.1) is 0 Å². The molecule has 1 aliphatic rings. The SMILES string of the molecule is CCc1ccc(N(CC(=O)N(Cc2ccc(Cl)cc2Cl)[C@@H](CC)C(=O)NC2CCCC2)S(C)(=O)=O)cc1. The molecule has 1 N–H and O–H groups in total. The first-order valence-electron chi connectivity index (χ1n) is 12.6. The van der Waals surface area contributed by atoms with Gasteiger partial charge in [-0.05, 0) is 61.1 Å². The fourth-order valence-electron chi connectivity index (χ4n) is 4.63. The van der Waals surface area contributed by atoms with E-state index in [1.54, 1.807) is 30.3 Å². The summed E-state index contributed by atoms with van der Waals surface area (Å²) in [5.74, 6) is -0.740. The Morgan fingerprint density at radius 2 is 1.70 bits per heavy atom. The van der Waals surface area contributed by atoms with Gasteiger partial charge in [-0.3, -0.25) is 13.9 Å². The van der Waals surface area contributed by atoms with Crippen LogP contribution in [0.4, 0.5) is 5.69 Å². The van der Waals surface area contributed by atoms with Gasteiger partial charge in [0, 0.05) is 22.6 Å². The third kappa shape index (κ3) is 7.85. The van der Waals surface area contributed by atoms with E-state index in [0.717, 1.165) is 48.2 Å². The predicted octanol–water partition coefficient (Wildman–Crippen LogP) is 5.19. The summed E-state index contributed by atoms with van der Waals surface area (Å²) < 4.78 is 26.6. The van der Waals surface area contributed by atoms with Crippen molar-refractivity contribution in [3.63, 3.8) is 0 Å². The minimum atomic E-state index is -3.78. The van der Waals surface area contributed by atoms with Gasteiger partial charge in [0.25, 0.3) is 0 Å². The number of nitrogens with zero attached hydrogens (tertiary/aromatic N) is 2. The molecule has 0 bridgehead atoms. The molecule has 1 fully saturated rings. The van der Waals surface area contributed by atoms with Crippen LogP contribution in [-0.4, -0.2) is 50.0 Å². The highest BCUT2D eigenvalue weighted by molar-refractivity contribution is 7.92. The lowest BCUT2D eigenvalue weighted by Crippen LogP contribution is -2.53. The average molecular weight is 569 g/mol. The van der Waals surface area contributed by atoms with Crippen LogP contribution in [0.25, 0.3) is 0 Å². The normalized spacial score (nSPS) is 14.8. The second-order valence-corrected chi connectivity index (χ2v) is 12.2. The summed E-state index contributed by atoms with van der Waals surface area (Å²) in [7, 11) is -3.78. The minimum Gasteiger partial charge on any atom is -0.352 e. The fourth-order valence-corrected chi connectivity index (χ4v) is 5.95. The summed E-state index contributed by atoms with van der Waals surface area (Å²) in [6.45, 7) is 3.44. The first-order valence-corrected chi connectivity index (χ1v) is 15.2. The molecule has 37 heavy (non-hydrogen) atoms. The molecule has 202 valence electrons. The van der Waals surface area contributed by atoms with E-state index < -0.39 is 28.5 Å². The van der Waals surface area contributed by atoms with E-state index in [-0.39, 0.29) is 18.5 Å². The molecule has 0 aromatic heterocycles. The molecule has 1 saturated carbocycles. The zero-order valence-electron chi connectivity index (χ0n) is 21.5. The molecule has 0 saturated heterocycles. The Morgan fingerprint density at radius 1 is 1.05 bits per heavy atom. The molecule has 1 atom stereocenters. The summed E-state index contributed by atoms with van der Waals surface area (Å²) in [5.41, 5.74) is 2.06. The Morgan fingerprint density at radius 3 is 2.24 bits per heavy atom. The number of hydrogen-bond donors (Lipinski definition) is 1. The van der Waals surface area contributed by atoms with Crippen LogP contribution in [0.15, 0.2) is 42.5 Å². The van der Waals surface area contributed by atoms with Gasteiger partial charge in [0.15, 0.2) is 0 Å². The van der Waals surface area contributed by atoms with Crippen LogP contribution >= 0.6 is 23.2 Å². The Balaban J connectivity index is 1.94. The van der Waals surface area contributed by atoms with Crippen LogP contribution < -0.4 is 9.62 Å². The van der Waals surface area contributed by atoms with Gasteiger partial charge >= 0.3 is 0 Å². The number of hydrogen-bond acceptors (Lipinski definition) is 4. The van der Waals surface area contributed by atoms with Crippen LogP contribution in [0, 0.1) is 0 Å². The number of nitrogens with one attached hydrogen (secondary N) is 1. The maximum Gasteiger partial charge on any atom is 0.244 e. The first-order chi connectivity index (χ1) is 17.5. The van der Waals surface area contributed by atoms with E-state index >= 15 is 0 Å². The highest BCUT2D eigenvalue weighted by Crippen LogP contribution is 2.26. The lowest BCUT2D eigenvalue weighted by molar-refractivity contribution is -0.140. The Hall–Kier alpha value is -2.29. The van der Waals surface area contributed by atoms with Crippen molar-refractivity contribution in [3.8, 4) is 0 Å². The molecule has 0 spiro atoms. The second kappa shape index (κ2) is 13.0. The number of halogens is 2. The van der Waals surface area contributed by atoms with Crippen LogP contribution in [-0.2, 0) is 32.6 Å². The van der Waals surface area contributed by atoms with Crippen molar-refractivity contribution in [1.29, 1.82) is 0 Å². The van der Waals surface area contributed by atoms with Crippen molar-refractivity contribution in [2.45, 2.75) is 71.0 Å². The first kappa shape index (κ1) is 29.3. The third-order valence-electron chi connectivity index (χ3n) is 6.76. The van der Waals surface area contributed by atoms with Crippen LogP contribution in [0.3, 0.4) is 0 Å². The summed E-state index contributed by atoms with van der Waals surface area (Å²) in [4.78, 5) is 28.6. The van der Waals surface area contributed by atoms with E-state index in [0.29, 0.717) is 27.7 Å². The van der Waals surface area contributed by atoms with Gasteiger partial charge in [-0.1, -0.05) is 68.1 Å². The average Bonchev–Trinajstić information content (AvgIpc) is 3.36. The zero-order valence-corrected chi connectivity index (χ0v) is 23.9. The molecular formula is C27H35Cl2N3O4S. The van der Waals surface area contributed by atoms with Crippen LogP contribution in [0.1, 0.15) is 57.1 Å². The molecule has 2 aromatic carbocycles. The molecule has 10 heteroatoms. The largest absolute Gasteiger partial charge is 0.352 e. The predicted molar refractivity (Wildman–Crippen MR) is 149 cm³/mol. The molecule has 0 unspecified atom stereocenters. The number of carbonyl (C=O) groups is 2.